The predicted octanol–water partition coefficient (Wildman–Crippen LogP) is 2.99. The number of rotatable bonds is 6. The Morgan fingerprint density at radius 2 is 2.32 bits per heavy atom. The fourth-order valence-corrected chi connectivity index (χ4v) is 2.35. The second kappa shape index (κ2) is 6.36. The molecule has 1 aromatic carbocycles. The van der Waals surface area contributed by atoms with Gasteiger partial charge in [0.2, 0.25) is 0 Å². The van der Waals surface area contributed by atoms with Gasteiger partial charge >= 0.3 is 6.03 Å². The van der Waals surface area contributed by atoms with E-state index in [1.165, 1.54) is 0 Å². The maximum absolute atomic E-state index is 11.8. The molecule has 1 aliphatic carbocycles. The first-order valence-corrected chi connectivity index (χ1v) is 7.79. The average molecular weight is 303 g/mol. The number of benzene rings is 1. The molecule has 1 unspecified atom stereocenters. The number of fused-ring (bicyclic) bond motifs is 1. The van der Waals surface area contributed by atoms with Gasteiger partial charge in [0.25, 0.3) is 0 Å². The highest BCUT2D eigenvalue weighted by Crippen LogP contribution is 2.40. The number of carbonyl (C=O) groups excluding carboxylic acids is 1. The number of amides is 2. The summed E-state index contributed by atoms with van der Waals surface area (Å²) >= 11 is 0. The van der Waals surface area contributed by atoms with Crippen molar-refractivity contribution in [2.45, 2.75) is 44.6 Å². The molecule has 6 heteroatoms. The number of nitrogens with zero attached hydrogens (tertiary/aromatic N) is 1. The number of anilines is 1. The van der Waals surface area contributed by atoms with E-state index in [0.717, 1.165) is 36.3 Å². The third-order valence-corrected chi connectivity index (χ3v) is 3.71. The zero-order valence-corrected chi connectivity index (χ0v) is 12.6. The first kappa shape index (κ1) is 14.8. The largest absolute Gasteiger partial charge is 0.440 e. The second-order valence-electron chi connectivity index (χ2n) is 5.79. The molecule has 22 heavy (non-hydrogen) atoms. The van der Waals surface area contributed by atoms with E-state index < -0.39 is 6.10 Å². The highest BCUT2D eigenvalue weighted by atomic mass is 16.3. The van der Waals surface area contributed by atoms with E-state index >= 15 is 0 Å². The average Bonchev–Trinajstić information content (AvgIpc) is 3.25. The number of hydrogen-bond acceptors (Lipinski definition) is 4. The second-order valence-corrected chi connectivity index (χ2v) is 5.79. The van der Waals surface area contributed by atoms with Crippen LogP contribution in [0.3, 0.4) is 0 Å². The first-order chi connectivity index (χ1) is 10.7. The highest BCUT2D eigenvalue weighted by Gasteiger charge is 2.28. The van der Waals surface area contributed by atoms with E-state index in [2.05, 4.69) is 15.6 Å². The van der Waals surface area contributed by atoms with Crippen molar-refractivity contribution < 1.29 is 14.3 Å². The molecule has 118 valence electrons. The van der Waals surface area contributed by atoms with Crippen molar-refractivity contribution in [3.05, 3.63) is 24.1 Å². The highest BCUT2D eigenvalue weighted by molar-refractivity contribution is 5.91. The van der Waals surface area contributed by atoms with Gasteiger partial charge in [-0.2, -0.15) is 0 Å². The summed E-state index contributed by atoms with van der Waals surface area (Å²) in [6, 6.07) is 5.06. The predicted molar refractivity (Wildman–Crippen MR) is 83.9 cm³/mol. The molecule has 1 fully saturated rings. The molecule has 6 nitrogen and oxygen atoms in total. The van der Waals surface area contributed by atoms with Gasteiger partial charge in [-0.25, -0.2) is 9.78 Å². The molecular formula is C16H21N3O3. The Morgan fingerprint density at radius 1 is 1.50 bits per heavy atom. The van der Waals surface area contributed by atoms with Crippen LogP contribution in [-0.2, 0) is 0 Å². The Bertz CT molecular complexity index is 664. The number of aliphatic hydroxyl groups is 1. The maximum atomic E-state index is 11.8. The Kier molecular flexibility index (Phi) is 4.29. The first-order valence-electron chi connectivity index (χ1n) is 7.79. The van der Waals surface area contributed by atoms with Gasteiger partial charge in [-0.05, 0) is 37.5 Å². The summed E-state index contributed by atoms with van der Waals surface area (Å²) in [5.41, 5.74) is 2.16. The van der Waals surface area contributed by atoms with Gasteiger partial charge in [0.1, 0.15) is 5.52 Å². The van der Waals surface area contributed by atoms with Gasteiger partial charge in [-0.3, -0.25) is 0 Å². The lowest BCUT2D eigenvalue weighted by molar-refractivity contribution is 0.162. The molecule has 0 spiro atoms. The minimum atomic E-state index is -0.505. The SMILES string of the molecule is CCCC(O)CNC(=O)Nc1ccc2oc(C3CC3)nc2c1. The van der Waals surface area contributed by atoms with E-state index in [1.807, 2.05) is 13.0 Å². The summed E-state index contributed by atoms with van der Waals surface area (Å²) in [5, 5.41) is 15.0. The van der Waals surface area contributed by atoms with Gasteiger partial charge in [0, 0.05) is 18.2 Å². The van der Waals surface area contributed by atoms with E-state index in [-0.39, 0.29) is 12.6 Å². The minimum Gasteiger partial charge on any atom is -0.440 e. The molecule has 1 saturated carbocycles. The molecule has 3 rings (SSSR count). The number of nitrogens with one attached hydrogen (secondary N) is 2. The number of aliphatic hydroxyl groups excluding tert-OH is 1. The fraction of sp³-hybridized carbons (Fsp3) is 0.500. The van der Waals surface area contributed by atoms with Crippen molar-refractivity contribution >= 4 is 22.8 Å². The van der Waals surface area contributed by atoms with Crippen molar-refractivity contribution in [3.63, 3.8) is 0 Å². The van der Waals surface area contributed by atoms with Gasteiger partial charge in [-0.1, -0.05) is 13.3 Å². The summed E-state index contributed by atoms with van der Waals surface area (Å²) in [5.74, 6) is 1.26. The summed E-state index contributed by atoms with van der Waals surface area (Å²) < 4.78 is 5.69. The lowest BCUT2D eigenvalue weighted by Crippen LogP contribution is -2.35. The standard InChI is InChI=1S/C16H21N3O3/c1-2-3-12(20)9-17-16(21)18-11-6-7-14-13(8-11)19-15(22-14)10-4-5-10/h6-8,10,12,20H,2-5,9H2,1H3,(H2,17,18,21). The number of hydrogen-bond donors (Lipinski definition) is 3. The molecule has 3 N–H and O–H groups in total. The Labute approximate surface area is 128 Å². The summed E-state index contributed by atoms with van der Waals surface area (Å²) in [6.45, 7) is 2.24. The monoisotopic (exact) mass is 303 g/mol. The molecule has 2 amide bonds. The van der Waals surface area contributed by atoms with E-state index in [0.29, 0.717) is 18.0 Å². The molecule has 1 aromatic heterocycles. The Morgan fingerprint density at radius 3 is 3.05 bits per heavy atom. The van der Waals surface area contributed by atoms with Gasteiger partial charge in [-0.15, -0.1) is 0 Å². The molecule has 0 saturated heterocycles. The number of urea groups is 1. The topological polar surface area (TPSA) is 87.4 Å². The van der Waals surface area contributed by atoms with Gasteiger partial charge in [0.05, 0.1) is 6.10 Å². The van der Waals surface area contributed by atoms with E-state index in [9.17, 15) is 9.90 Å². The van der Waals surface area contributed by atoms with Crippen molar-refractivity contribution in [1.29, 1.82) is 0 Å². The molecular weight excluding hydrogens is 282 g/mol. The third-order valence-electron chi connectivity index (χ3n) is 3.71. The fourth-order valence-electron chi connectivity index (χ4n) is 2.35. The van der Waals surface area contributed by atoms with Crippen LogP contribution in [0.25, 0.3) is 11.1 Å². The van der Waals surface area contributed by atoms with Crippen LogP contribution in [0.1, 0.15) is 44.4 Å². The van der Waals surface area contributed by atoms with Crippen molar-refractivity contribution in [2.75, 3.05) is 11.9 Å². The molecule has 1 heterocycles. The number of carbonyl (C=O) groups is 1. The summed E-state index contributed by atoms with van der Waals surface area (Å²) in [6.07, 6.45) is 3.34. The summed E-state index contributed by atoms with van der Waals surface area (Å²) in [4.78, 5) is 16.3. The Hall–Kier alpha value is -2.08. The van der Waals surface area contributed by atoms with Gasteiger partial charge in [0.15, 0.2) is 11.5 Å². The lowest BCUT2D eigenvalue weighted by atomic mass is 10.2. The lowest BCUT2D eigenvalue weighted by Gasteiger charge is -2.11. The van der Waals surface area contributed by atoms with Crippen molar-refractivity contribution in [2.24, 2.45) is 0 Å². The number of oxazole rings is 1. The normalized spacial score (nSPS) is 15.7. The molecule has 1 aliphatic rings. The zero-order chi connectivity index (χ0) is 15.5. The molecule has 0 radical (unpaired) electrons. The molecule has 0 aliphatic heterocycles. The Balaban J connectivity index is 1.59. The smallest absolute Gasteiger partial charge is 0.319 e. The third kappa shape index (κ3) is 3.57. The van der Waals surface area contributed by atoms with Crippen LogP contribution in [0, 0.1) is 0 Å². The molecule has 1 atom stereocenters. The number of aromatic nitrogens is 1. The molecule has 2 aromatic rings. The van der Waals surface area contributed by atoms with Crippen molar-refractivity contribution in [1.82, 2.24) is 10.3 Å². The van der Waals surface area contributed by atoms with E-state index in [1.54, 1.807) is 12.1 Å². The molecule has 0 bridgehead atoms. The van der Waals surface area contributed by atoms with Crippen LogP contribution in [0.4, 0.5) is 10.5 Å². The van der Waals surface area contributed by atoms with Crippen LogP contribution in [-0.4, -0.2) is 28.8 Å². The summed E-state index contributed by atoms with van der Waals surface area (Å²) in [7, 11) is 0. The van der Waals surface area contributed by atoms with Crippen LogP contribution < -0.4 is 10.6 Å². The van der Waals surface area contributed by atoms with Crippen molar-refractivity contribution in [3.8, 4) is 0 Å². The maximum Gasteiger partial charge on any atom is 0.319 e. The minimum absolute atomic E-state index is 0.248. The van der Waals surface area contributed by atoms with Crippen LogP contribution >= 0.6 is 0 Å². The van der Waals surface area contributed by atoms with E-state index in [4.69, 9.17) is 4.42 Å². The van der Waals surface area contributed by atoms with Crippen LogP contribution in [0.15, 0.2) is 22.6 Å². The zero-order valence-electron chi connectivity index (χ0n) is 12.6. The van der Waals surface area contributed by atoms with Crippen LogP contribution in [0.5, 0.6) is 0 Å². The quantitative estimate of drug-likeness (QED) is 0.765. The van der Waals surface area contributed by atoms with Crippen LogP contribution in [0.2, 0.25) is 0 Å². The van der Waals surface area contributed by atoms with Gasteiger partial charge < -0.3 is 20.2 Å².